The van der Waals surface area contributed by atoms with Crippen LogP contribution >= 0.6 is 0 Å². The topological polar surface area (TPSA) is 145 Å². The Morgan fingerprint density at radius 3 is 1.52 bits per heavy atom. The van der Waals surface area contributed by atoms with Gasteiger partial charge in [-0.1, -0.05) is 24.3 Å². The molecule has 0 aliphatic carbocycles. The normalized spacial score (nSPS) is 11.1. The minimum atomic E-state index is -0.339. The van der Waals surface area contributed by atoms with Gasteiger partial charge >= 0.3 is 6.03 Å². The molecule has 0 fully saturated rings. The number of nitrogens with one attached hydrogen (secondary N) is 2. The Kier molecular flexibility index (Phi) is 6.16. The van der Waals surface area contributed by atoms with Crippen molar-refractivity contribution in [2.75, 3.05) is 22.1 Å². The molecule has 6 rings (SSSR count). The molecule has 0 bridgehead atoms. The number of urea groups is 1. The van der Waals surface area contributed by atoms with E-state index in [-0.39, 0.29) is 17.9 Å². The third kappa shape index (κ3) is 4.95. The second-order valence-electron chi connectivity index (χ2n) is 9.64. The Morgan fingerprint density at radius 1 is 0.625 bits per heavy atom. The van der Waals surface area contributed by atoms with Gasteiger partial charge in [0.05, 0.1) is 11.0 Å². The molecular formula is C31H26N8O. The number of amides is 2. The molecule has 0 aliphatic rings. The molecule has 40 heavy (non-hydrogen) atoms. The zero-order valence-corrected chi connectivity index (χ0v) is 21.9. The number of aromatic nitrogens is 4. The van der Waals surface area contributed by atoms with Crippen LogP contribution in [-0.2, 0) is 0 Å². The number of anilines is 4. The molecular weight excluding hydrogens is 500 g/mol. The minimum absolute atomic E-state index is 0.242. The number of fused-ring (bicyclic) bond motifs is 2. The van der Waals surface area contributed by atoms with E-state index < -0.39 is 0 Å². The lowest BCUT2D eigenvalue weighted by Gasteiger charge is -2.14. The number of benzene rings is 4. The van der Waals surface area contributed by atoms with Crippen molar-refractivity contribution in [3.8, 4) is 22.3 Å². The molecule has 196 valence electrons. The summed E-state index contributed by atoms with van der Waals surface area (Å²) in [6, 6.07) is 23.2. The molecule has 6 aromatic rings. The quantitative estimate of drug-likeness (QED) is 0.210. The number of nitrogen functional groups attached to an aromatic ring is 2. The third-order valence-electron chi connectivity index (χ3n) is 6.81. The number of hydrogen-bond donors (Lipinski definition) is 4. The van der Waals surface area contributed by atoms with Gasteiger partial charge < -0.3 is 22.1 Å². The summed E-state index contributed by atoms with van der Waals surface area (Å²) in [7, 11) is 0. The molecule has 9 nitrogen and oxygen atoms in total. The zero-order chi connectivity index (χ0) is 27.8. The lowest BCUT2D eigenvalue weighted by molar-refractivity contribution is 0.262. The van der Waals surface area contributed by atoms with E-state index in [9.17, 15) is 4.79 Å². The monoisotopic (exact) mass is 526 g/mol. The van der Waals surface area contributed by atoms with Crippen molar-refractivity contribution in [1.82, 2.24) is 19.9 Å². The van der Waals surface area contributed by atoms with E-state index in [0.717, 1.165) is 55.2 Å². The summed E-state index contributed by atoms with van der Waals surface area (Å²) in [5.41, 5.74) is 20.5. The SMILES string of the molecule is Cc1ccc(NC(=O)Nc2ccc(C)c(-c3ccc4nc(N)ncc4c3)c2)cc1-c1ccc2nc(N)ncc2c1. The van der Waals surface area contributed by atoms with Gasteiger partial charge in [0, 0.05) is 34.5 Å². The number of rotatable bonds is 4. The number of nitrogens with zero attached hydrogens (tertiary/aromatic N) is 4. The average Bonchev–Trinajstić information content (AvgIpc) is 2.94. The van der Waals surface area contributed by atoms with Gasteiger partial charge in [-0.05, 0) is 95.8 Å². The van der Waals surface area contributed by atoms with E-state index in [2.05, 4.69) is 30.6 Å². The summed E-state index contributed by atoms with van der Waals surface area (Å²) < 4.78 is 0. The smallest absolute Gasteiger partial charge is 0.323 e. The first-order chi connectivity index (χ1) is 19.3. The molecule has 0 saturated heterocycles. The maximum Gasteiger partial charge on any atom is 0.323 e. The molecule has 0 aliphatic heterocycles. The standard InChI is InChI=1S/C31H26N8O/c1-17-3-7-23(13-25(17)19-5-9-27-21(11-19)15-34-29(32)38-27)36-31(40)37-24-8-4-18(2)26(14-24)20-6-10-28-22(12-20)16-35-30(33)39-28/h3-16H,1-2H3,(H2,32,34,38)(H2,33,35,39)(H2,36,37,40). The third-order valence-corrected chi connectivity index (χ3v) is 6.81. The maximum absolute atomic E-state index is 13.0. The van der Waals surface area contributed by atoms with Crippen molar-refractivity contribution in [3.05, 3.63) is 96.3 Å². The van der Waals surface area contributed by atoms with Gasteiger partial charge in [0.15, 0.2) is 0 Å². The van der Waals surface area contributed by atoms with Crippen LogP contribution in [0.2, 0.25) is 0 Å². The minimum Gasteiger partial charge on any atom is -0.368 e. The van der Waals surface area contributed by atoms with Gasteiger partial charge in [-0.25, -0.2) is 24.7 Å². The second-order valence-corrected chi connectivity index (χ2v) is 9.64. The number of hydrogen-bond acceptors (Lipinski definition) is 7. The maximum atomic E-state index is 13.0. The molecule has 4 aromatic carbocycles. The summed E-state index contributed by atoms with van der Waals surface area (Å²) in [6.45, 7) is 4.06. The van der Waals surface area contributed by atoms with Crippen LogP contribution in [-0.4, -0.2) is 26.0 Å². The van der Waals surface area contributed by atoms with Crippen molar-refractivity contribution in [2.45, 2.75) is 13.8 Å². The highest BCUT2D eigenvalue weighted by molar-refractivity contribution is 6.01. The summed E-state index contributed by atoms with van der Waals surface area (Å²) in [5, 5.41) is 7.69. The Morgan fingerprint density at radius 2 is 1.07 bits per heavy atom. The van der Waals surface area contributed by atoms with Crippen LogP contribution in [0, 0.1) is 13.8 Å². The first-order valence-electron chi connectivity index (χ1n) is 12.7. The lowest BCUT2D eigenvalue weighted by Crippen LogP contribution is -2.19. The van der Waals surface area contributed by atoms with Crippen LogP contribution in [0.1, 0.15) is 11.1 Å². The highest BCUT2D eigenvalue weighted by Gasteiger charge is 2.11. The molecule has 0 unspecified atom stereocenters. The molecule has 0 spiro atoms. The molecule has 2 amide bonds. The molecule has 0 radical (unpaired) electrons. The molecule has 2 aromatic heterocycles. The average molecular weight is 527 g/mol. The molecule has 0 atom stereocenters. The van der Waals surface area contributed by atoms with Crippen molar-refractivity contribution in [2.24, 2.45) is 0 Å². The summed E-state index contributed by atoms with van der Waals surface area (Å²) in [6.07, 6.45) is 3.42. The van der Waals surface area contributed by atoms with Gasteiger partial charge in [0.1, 0.15) is 0 Å². The fourth-order valence-corrected chi connectivity index (χ4v) is 4.75. The van der Waals surface area contributed by atoms with Gasteiger partial charge in [0.2, 0.25) is 11.9 Å². The Balaban J connectivity index is 1.22. The van der Waals surface area contributed by atoms with Gasteiger partial charge in [0.25, 0.3) is 0 Å². The highest BCUT2D eigenvalue weighted by atomic mass is 16.2. The predicted molar refractivity (Wildman–Crippen MR) is 161 cm³/mol. The highest BCUT2D eigenvalue weighted by Crippen LogP contribution is 2.31. The summed E-state index contributed by atoms with van der Waals surface area (Å²) >= 11 is 0. The van der Waals surface area contributed by atoms with Crippen LogP contribution in [0.25, 0.3) is 44.1 Å². The number of carbonyl (C=O) groups is 1. The first kappa shape index (κ1) is 24.7. The Hall–Kier alpha value is -5.57. The van der Waals surface area contributed by atoms with Crippen LogP contribution < -0.4 is 22.1 Å². The molecule has 9 heteroatoms. The molecule has 2 heterocycles. The molecule has 0 saturated carbocycles. The second kappa shape index (κ2) is 9.95. The zero-order valence-electron chi connectivity index (χ0n) is 21.9. The van der Waals surface area contributed by atoms with E-state index in [1.54, 1.807) is 12.4 Å². The number of nitrogens with two attached hydrogens (primary N) is 2. The Bertz CT molecular complexity index is 1800. The largest absolute Gasteiger partial charge is 0.368 e. The fourth-order valence-electron chi connectivity index (χ4n) is 4.75. The van der Waals surface area contributed by atoms with E-state index in [0.29, 0.717) is 11.4 Å². The summed E-state index contributed by atoms with van der Waals surface area (Å²) in [5.74, 6) is 0.485. The first-order valence-corrected chi connectivity index (χ1v) is 12.7. The van der Waals surface area contributed by atoms with E-state index in [1.165, 1.54) is 0 Å². The van der Waals surface area contributed by atoms with Gasteiger partial charge in [-0.3, -0.25) is 0 Å². The van der Waals surface area contributed by atoms with Gasteiger partial charge in [-0.15, -0.1) is 0 Å². The number of aryl methyl sites for hydroxylation is 2. The van der Waals surface area contributed by atoms with E-state index >= 15 is 0 Å². The van der Waals surface area contributed by atoms with Crippen molar-refractivity contribution >= 4 is 51.1 Å². The van der Waals surface area contributed by atoms with Gasteiger partial charge in [-0.2, -0.15) is 0 Å². The summed E-state index contributed by atoms with van der Waals surface area (Å²) in [4.78, 5) is 29.7. The fraction of sp³-hybridized carbons (Fsp3) is 0.0645. The number of carbonyl (C=O) groups excluding carboxylic acids is 1. The van der Waals surface area contributed by atoms with Crippen LogP contribution in [0.15, 0.2) is 85.2 Å². The van der Waals surface area contributed by atoms with Crippen molar-refractivity contribution in [3.63, 3.8) is 0 Å². The van der Waals surface area contributed by atoms with Crippen LogP contribution in [0.5, 0.6) is 0 Å². The molecule has 6 N–H and O–H groups in total. The van der Waals surface area contributed by atoms with Crippen molar-refractivity contribution in [1.29, 1.82) is 0 Å². The van der Waals surface area contributed by atoms with Crippen LogP contribution in [0.3, 0.4) is 0 Å². The van der Waals surface area contributed by atoms with E-state index in [1.807, 2.05) is 86.6 Å². The van der Waals surface area contributed by atoms with E-state index in [4.69, 9.17) is 11.5 Å². The Labute approximate surface area is 230 Å². The van der Waals surface area contributed by atoms with Crippen molar-refractivity contribution < 1.29 is 4.79 Å². The van der Waals surface area contributed by atoms with Crippen LogP contribution in [0.4, 0.5) is 28.1 Å². The predicted octanol–water partition coefficient (Wildman–Crippen LogP) is 6.33. The lowest BCUT2D eigenvalue weighted by atomic mass is 9.98.